The fourth-order valence-electron chi connectivity index (χ4n) is 2.35. The number of fused-ring (bicyclic) bond motifs is 1. The zero-order chi connectivity index (χ0) is 17.1. The lowest BCUT2D eigenvalue weighted by atomic mass is 10.2. The van der Waals surface area contributed by atoms with Crippen LogP contribution in [0.4, 0.5) is 0 Å². The molecule has 1 amide bonds. The van der Waals surface area contributed by atoms with Crippen molar-refractivity contribution in [1.29, 1.82) is 0 Å². The Kier molecular flexibility index (Phi) is 5.46. The van der Waals surface area contributed by atoms with Crippen LogP contribution in [0, 0.1) is 0 Å². The van der Waals surface area contributed by atoms with E-state index < -0.39 is 0 Å². The van der Waals surface area contributed by atoms with Gasteiger partial charge in [0, 0.05) is 20.1 Å². The summed E-state index contributed by atoms with van der Waals surface area (Å²) in [6.07, 6.45) is 0.823. The molecule has 1 aromatic heterocycles. The lowest BCUT2D eigenvalue weighted by Crippen LogP contribution is -2.31. The zero-order valence-corrected chi connectivity index (χ0v) is 15.1. The number of hydrogen-bond donors (Lipinski definition) is 0. The van der Waals surface area contributed by atoms with Crippen LogP contribution in [0.1, 0.15) is 33.2 Å². The number of amides is 1. The van der Waals surface area contributed by atoms with E-state index in [4.69, 9.17) is 0 Å². The fraction of sp³-hybridized carbons (Fsp3) is 0.471. The highest BCUT2D eigenvalue weighted by molar-refractivity contribution is 8.00. The van der Waals surface area contributed by atoms with Gasteiger partial charge in [0.1, 0.15) is 0 Å². The summed E-state index contributed by atoms with van der Waals surface area (Å²) >= 11 is 1.34. The van der Waals surface area contributed by atoms with Crippen molar-refractivity contribution in [2.24, 2.45) is 0 Å². The predicted molar refractivity (Wildman–Crippen MR) is 95.0 cm³/mol. The molecule has 23 heavy (non-hydrogen) atoms. The summed E-state index contributed by atoms with van der Waals surface area (Å²) in [6.45, 7) is 5.88. The van der Waals surface area contributed by atoms with E-state index in [-0.39, 0.29) is 22.8 Å². The Hall–Kier alpha value is -1.82. The first-order valence-electron chi connectivity index (χ1n) is 7.75. The van der Waals surface area contributed by atoms with Gasteiger partial charge in [0.15, 0.2) is 5.16 Å². The Morgan fingerprint density at radius 1 is 1.30 bits per heavy atom. The molecule has 6 heteroatoms. The number of benzene rings is 1. The first-order chi connectivity index (χ1) is 10.9. The van der Waals surface area contributed by atoms with Crippen LogP contribution in [0.3, 0.4) is 0 Å². The molecule has 1 heterocycles. The Morgan fingerprint density at radius 3 is 2.57 bits per heavy atom. The molecule has 5 nitrogen and oxygen atoms in total. The topological polar surface area (TPSA) is 55.2 Å². The average Bonchev–Trinajstić information content (AvgIpc) is 2.53. The number of rotatable bonds is 5. The van der Waals surface area contributed by atoms with E-state index in [1.54, 1.807) is 29.6 Å². The average molecular weight is 333 g/mol. The van der Waals surface area contributed by atoms with Gasteiger partial charge in [0.05, 0.1) is 16.2 Å². The summed E-state index contributed by atoms with van der Waals surface area (Å²) in [4.78, 5) is 31.2. The molecule has 124 valence electrons. The molecule has 0 N–H and O–H groups in total. The number of thioether (sulfide) groups is 1. The monoisotopic (exact) mass is 333 g/mol. The van der Waals surface area contributed by atoms with E-state index in [0.717, 1.165) is 6.42 Å². The lowest BCUT2D eigenvalue weighted by Gasteiger charge is -2.21. The summed E-state index contributed by atoms with van der Waals surface area (Å²) in [7, 11) is 3.46. The molecular weight excluding hydrogens is 310 g/mol. The summed E-state index contributed by atoms with van der Waals surface area (Å²) in [6, 6.07) is 7.37. The van der Waals surface area contributed by atoms with Gasteiger partial charge in [-0.05, 0) is 32.4 Å². The minimum Gasteiger partial charge on any atom is -0.348 e. The SMILES string of the molecule is CC[C@H](C)n1c(S[C@@H](C)C(=O)N(C)C)nc2ccccc2c1=O. The third-order valence-electron chi connectivity index (χ3n) is 3.88. The molecule has 2 atom stereocenters. The van der Waals surface area contributed by atoms with Crippen molar-refractivity contribution in [2.45, 2.75) is 43.6 Å². The molecule has 1 aromatic carbocycles. The van der Waals surface area contributed by atoms with Gasteiger partial charge in [0.2, 0.25) is 5.91 Å². The van der Waals surface area contributed by atoms with Gasteiger partial charge in [-0.15, -0.1) is 0 Å². The van der Waals surface area contributed by atoms with Gasteiger partial charge in [-0.25, -0.2) is 4.98 Å². The molecule has 0 saturated carbocycles. The number of hydrogen-bond acceptors (Lipinski definition) is 4. The Labute approximate surface area is 140 Å². The first kappa shape index (κ1) is 17.5. The Morgan fingerprint density at radius 2 is 1.96 bits per heavy atom. The van der Waals surface area contributed by atoms with Crippen LogP contribution in [0.25, 0.3) is 10.9 Å². The molecule has 2 rings (SSSR count). The highest BCUT2D eigenvalue weighted by Crippen LogP contribution is 2.26. The van der Waals surface area contributed by atoms with Crippen molar-refractivity contribution in [3.8, 4) is 0 Å². The van der Waals surface area contributed by atoms with Gasteiger partial charge in [-0.1, -0.05) is 30.8 Å². The Balaban J connectivity index is 2.57. The molecular formula is C17H23N3O2S. The van der Waals surface area contributed by atoms with Gasteiger partial charge < -0.3 is 4.90 Å². The van der Waals surface area contributed by atoms with Gasteiger partial charge in [0.25, 0.3) is 5.56 Å². The minimum atomic E-state index is -0.298. The van der Waals surface area contributed by atoms with E-state index in [9.17, 15) is 9.59 Å². The van der Waals surface area contributed by atoms with Crippen LogP contribution in [-0.4, -0.2) is 39.7 Å². The van der Waals surface area contributed by atoms with E-state index in [1.807, 2.05) is 39.0 Å². The van der Waals surface area contributed by atoms with Gasteiger partial charge >= 0.3 is 0 Å². The van der Waals surface area contributed by atoms with Gasteiger partial charge in [-0.2, -0.15) is 0 Å². The first-order valence-corrected chi connectivity index (χ1v) is 8.63. The number of carbonyl (C=O) groups is 1. The number of para-hydroxylation sites is 1. The standard InChI is InChI=1S/C17H23N3O2S/c1-6-11(2)20-16(22)13-9-7-8-10-14(13)18-17(20)23-12(3)15(21)19(4)5/h7-12H,6H2,1-5H3/t11-,12-/m0/s1. The van der Waals surface area contributed by atoms with Crippen molar-refractivity contribution in [1.82, 2.24) is 14.5 Å². The molecule has 0 bridgehead atoms. The molecule has 2 aromatic rings. The Bertz CT molecular complexity index is 770. The second-order valence-electron chi connectivity index (χ2n) is 5.84. The van der Waals surface area contributed by atoms with Crippen LogP contribution >= 0.6 is 11.8 Å². The molecule has 0 radical (unpaired) electrons. The maximum Gasteiger partial charge on any atom is 0.262 e. The summed E-state index contributed by atoms with van der Waals surface area (Å²) in [5.74, 6) is 0.00751. The molecule has 0 saturated heterocycles. The summed E-state index contributed by atoms with van der Waals surface area (Å²) in [5, 5.41) is 0.919. The van der Waals surface area contributed by atoms with Crippen molar-refractivity contribution in [3.05, 3.63) is 34.6 Å². The summed E-state index contributed by atoms with van der Waals surface area (Å²) in [5.41, 5.74) is 0.626. The lowest BCUT2D eigenvalue weighted by molar-refractivity contribution is -0.127. The molecule has 0 aliphatic carbocycles. The van der Waals surface area contributed by atoms with Crippen molar-refractivity contribution in [2.75, 3.05) is 14.1 Å². The number of carbonyl (C=O) groups excluding carboxylic acids is 1. The normalized spacial score (nSPS) is 13.8. The molecule has 0 spiro atoms. The maximum absolute atomic E-state index is 12.8. The van der Waals surface area contributed by atoms with Crippen molar-refractivity contribution < 1.29 is 4.79 Å². The second-order valence-corrected chi connectivity index (χ2v) is 7.14. The maximum atomic E-state index is 12.8. The van der Waals surface area contributed by atoms with Crippen LogP contribution in [-0.2, 0) is 4.79 Å². The fourth-order valence-corrected chi connectivity index (χ4v) is 3.51. The van der Waals surface area contributed by atoms with E-state index in [1.165, 1.54) is 11.8 Å². The third kappa shape index (κ3) is 3.58. The van der Waals surface area contributed by atoms with E-state index in [2.05, 4.69) is 4.98 Å². The van der Waals surface area contributed by atoms with Crippen LogP contribution in [0.2, 0.25) is 0 Å². The van der Waals surface area contributed by atoms with E-state index >= 15 is 0 Å². The molecule has 0 aliphatic rings. The highest BCUT2D eigenvalue weighted by Gasteiger charge is 2.22. The van der Waals surface area contributed by atoms with Crippen LogP contribution in [0.5, 0.6) is 0 Å². The van der Waals surface area contributed by atoms with Crippen molar-refractivity contribution in [3.63, 3.8) is 0 Å². The summed E-state index contributed by atoms with van der Waals surface area (Å²) < 4.78 is 1.71. The van der Waals surface area contributed by atoms with Crippen molar-refractivity contribution >= 4 is 28.6 Å². The third-order valence-corrected chi connectivity index (χ3v) is 4.93. The second kappa shape index (κ2) is 7.17. The highest BCUT2D eigenvalue weighted by atomic mass is 32.2. The number of nitrogens with zero attached hydrogens (tertiary/aromatic N) is 3. The molecule has 0 aliphatic heterocycles. The number of aromatic nitrogens is 2. The largest absolute Gasteiger partial charge is 0.348 e. The molecule has 0 fully saturated rings. The molecule has 0 unspecified atom stereocenters. The smallest absolute Gasteiger partial charge is 0.262 e. The quantitative estimate of drug-likeness (QED) is 0.623. The minimum absolute atomic E-state index is 0.00751. The predicted octanol–water partition coefficient (Wildman–Crippen LogP) is 2.94. The van der Waals surface area contributed by atoms with Crippen LogP contribution < -0.4 is 5.56 Å². The van der Waals surface area contributed by atoms with Gasteiger partial charge in [-0.3, -0.25) is 14.2 Å². The van der Waals surface area contributed by atoms with Crippen LogP contribution in [0.15, 0.2) is 34.2 Å². The zero-order valence-electron chi connectivity index (χ0n) is 14.2. The van der Waals surface area contributed by atoms with E-state index in [0.29, 0.717) is 16.1 Å².